The Morgan fingerprint density at radius 3 is 2.26 bits per heavy atom. The van der Waals surface area contributed by atoms with Crippen LogP contribution in [0.4, 0.5) is 0 Å². The van der Waals surface area contributed by atoms with Crippen molar-refractivity contribution in [1.29, 1.82) is 0 Å². The number of methoxy groups -OCH3 is 2. The number of fused-ring (bicyclic) bond motifs is 2. The molecule has 5 rings (SSSR count). The molecule has 39 heavy (non-hydrogen) atoms. The fourth-order valence-corrected chi connectivity index (χ4v) is 6.30. The molecule has 2 heterocycles. The van der Waals surface area contributed by atoms with Gasteiger partial charge in [-0.25, -0.2) is 28.3 Å². The number of hydrogen-bond donors (Lipinski definition) is 1. The Hall–Kier alpha value is -4.48. The molecule has 12 nitrogen and oxygen atoms in total. The van der Waals surface area contributed by atoms with Crippen LogP contribution in [0.1, 0.15) is 42.7 Å². The number of esters is 2. The molecule has 0 saturated carbocycles. The maximum Gasteiger partial charge on any atom is 0.347 e. The lowest BCUT2D eigenvalue weighted by atomic mass is 9.74. The molecule has 0 spiro atoms. The average molecular weight is 537 g/mol. The lowest BCUT2D eigenvalue weighted by molar-refractivity contribution is -0.146. The molecule has 1 aromatic heterocycles. The minimum atomic E-state index is -1.68. The summed E-state index contributed by atoms with van der Waals surface area (Å²) in [6.45, 7) is 3.13. The number of aromatic nitrogens is 3. The van der Waals surface area contributed by atoms with Gasteiger partial charge in [-0.15, -0.1) is 0 Å². The van der Waals surface area contributed by atoms with E-state index in [0.717, 1.165) is 4.57 Å². The molecule has 2 aromatic rings. The highest BCUT2D eigenvalue weighted by atomic mass is 16.5. The first-order valence-corrected chi connectivity index (χ1v) is 12.4. The molecule has 0 radical (unpaired) electrons. The summed E-state index contributed by atoms with van der Waals surface area (Å²) in [6, 6.07) is 6.43. The summed E-state index contributed by atoms with van der Waals surface area (Å²) in [5.41, 5.74) is -1.97. The number of rotatable bonds is 4. The molecule has 2 aliphatic carbocycles. The van der Waals surface area contributed by atoms with Crippen molar-refractivity contribution in [2.75, 3.05) is 14.2 Å². The van der Waals surface area contributed by atoms with Crippen molar-refractivity contribution in [3.63, 3.8) is 0 Å². The minimum absolute atomic E-state index is 0.0765. The highest BCUT2D eigenvalue weighted by Crippen LogP contribution is 2.54. The van der Waals surface area contributed by atoms with Crippen molar-refractivity contribution in [2.45, 2.75) is 37.9 Å². The highest BCUT2D eigenvalue weighted by Gasteiger charge is 2.62. The summed E-state index contributed by atoms with van der Waals surface area (Å²) in [7, 11) is 3.70. The Bertz CT molecular complexity index is 1610. The van der Waals surface area contributed by atoms with Crippen molar-refractivity contribution in [3.05, 3.63) is 79.7 Å². The highest BCUT2D eigenvalue weighted by molar-refractivity contribution is 6.11. The second-order valence-corrected chi connectivity index (χ2v) is 10.1. The van der Waals surface area contributed by atoms with Crippen molar-refractivity contribution in [2.24, 2.45) is 18.9 Å². The van der Waals surface area contributed by atoms with Crippen molar-refractivity contribution in [1.82, 2.24) is 19.2 Å². The molecule has 204 valence electrons. The van der Waals surface area contributed by atoms with E-state index >= 15 is 0 Å². The van der Waals surface area contributed by atoms with E-state index in [1.54, 1.807) is 37.3 Å². The molecule has 12 heteroatoms. The first-order chi connectivity index (χ1) is 18.5. The fourth-order valence-electron chi connectivity index (χ4n) is 6.30. The number of nitrogens with one attached hydrogen (secondary N) is 1. The quantitative estimate of drug-likeness (QED) is 0.554. The number of benzene rings is 1. The molecule has 3 aliphatic rings. The van der Waals surface area contributed by atoms with Gasteiger partial charge in [-0.2, -0.15) is 0 Å². The van der Waals surface area contributed by atoms with Crippen molar-refractivity contribution in [3.8, 4) is 0 Å². The maximum atomic E-state index is 14.3. The molecule has 1 aliphatic heterocycles. The topological polar surface area (TPSA) is 148 Å². The molecule has 1 N–H and O–H groups in total. The van der Waals surface area contributed by atoms with E-state index in [0.29, 0.717) is 11.1 Å². The number of carbonyl (C=O) groups is 4. The molecule has 1 aromatic carbocycles. The monoisotopic (exact) mass is 536 g/mol. The number of ether oxygens (including phenoxy) is 2. The summed E-state index contributed by atoms with van der Waals surface area (Å²) in [5, 5.41) is 2.84. The lowest BCUT2D eigenvalue weighted by Gasteiger charge is -2.37. The van der Waals surface area contributed by atoms with Gasteiger partial charge >= 0.3 is 23.3 Å². The largest absolute Gasteiger partial charge is 0.469 e. The number of ketones is 1. The summed E-state index contributed by atoms with van der Waals surface area (Å²) < 4.78 is 13.4. The molecular weight excluding hydrogens is 508 g/mol. The molecule has 0 saturated heterocycles. The Morgan fingerprint density at radius 2 is 1.64 bits per heavy atom. The van der Waals surface area contributed by atoms with E-state index in [9.17, 15) is 28.8 Å². The second-order valence-electron chi connectivity index (χ2n) is 10.1. The maximum absolute atomic E-state index is 14.3. The van der Waals surface area contributed by atoms with E-state index < -0.39 is 64.5 Å². The second kappa shape index (κ2) is 9.07. The first kappa shape index (κ1) is 26.1. The Kier molecular flexibility index (Phi) is 6.08. The van der Waals surface area contributed by atoms with Gasteiger partial charge in [-0.1, -0.05) is 24.3 Å². The minimum Gasteiger partial charge on any atom is -0.469 e. The summed E-state index contributed by atoms with van der Waals surface area (Å²) >= 11 is 0. The van der Waals surface area contributed by atoms with Crippen LogP contribution in [-0.4, -0.2) is 57.3 Å². The molecular formula is C27H28N4O8. The lowest BCUT2D eigenvalue weighted by Crippen LogP contribution is -2.57. The fraction of sp³-hybridized carbons (Fsp3) is 0.407. The van der Waals surface area contributed by atoms with Crippen LogP contribution in [0, 0.1) is 11.8 Å². The van der Waals surface area contributed by atoms with E-state index in [2.05, 4.69) is 5.32 Å². The van der Waals surface area contributed by atoms with E-state index in [-0.39, 0.29) is 17.6 Å². The van der Waals surface area contributed by atoms with Gasteiger partial charge in [0.1, 0.15) is 5.54 Å². The summed E-state index contributed by atoms with van der Waals surface area (Å²) in [5.74, 6) is -4.71. The van der Waals surface area contributed by atoms with Crippen LogP contribution in [0.3, 0.4) is 0 Å². The van der Waals surface area contributed by atoms with Crippen LogP contribution < -0.4 is 16.7 Å². The van der Waals surface area contributed by atoms with E-state index in [1.165, 1.54) is 43.6 Å². The third kappa shape index (κ3) is 3.57. The molecule has 0 bridgehead atoms. The number of hydrogen-bond acceptors (Lipinski definition) is 8. The van der Waals surface area contributed by atoms with Crippen LogP contribution in [0.2, 0.25) is 0 Å². The predicted octanol–water partition coefficient (Wildman–Crippen LogP) is 0.441. The smallest absolute Gasteiger partial charge is 0.347 e. The van der Waals surface area contributed by atoms with Crippen molar-refractivity contribution < 1.29 is 28.7 Å². The Morgan fingerprint density at radius 1 is 1.00 bits per heavy atom. The van der Waals surface area contributed by atoms with Gasteiger partial charge in [0.05, 0.1) is 32.2 Å². The number of amides is 1. The third-order valence-corrected chi connectivity index (χ3v) is 8.10. The van der Waals surface area contributed by atoms with Gasteiger partial charge in [-0.05, 0) is 31.6 Å². The normalized spacial score (nSPS) is 27.2. The van der Waals surface area contributed by atoms with Crippen LogP contribution in [0.5, 0.6) is 0 Å². The van der Waals surface area contributed by atoms with Crippen molar-refractivity contribution >= 4 is 23.6 Å². The van der Waals surface area contributed by atoms with Crippen LogP contribution >= 0.6 is 0 Å². The van der Waals surface area contributed by atoms with E-state index in [1.807, 2.05) is 0 Å². The Labute approximate surface area is 222 Å². The molecule has 1 amide bonds. The zero-order valence-corrected chi connectivity index (χ0v) is 22.1. The SMILES string of the molecule is COC(=O)C1=C[C@@H](C(=O)OC)[C@@H]2C3=C(C(=O)[C@]2(C)NC(=O)c2ccccc2)[C@H](C)n2c(=O)n(C)c(=O)n2[C@@H]3C1. The zero-order chi connectivity index (χ0) is 28.4. The summed E-state index contributed by atoms with van der Waals surface area (Å²) in [6.07, 6.45) is 1.26. The zero-order valence-electron chi connectivity index (χ0n) is 22.1. The van der Waals surface area contributed by atoms with Gasteiger partial charge in [0, 0.05) is 36.1 Å². The number of Topliss-reactive ketones (excluding diaryl/α,β-unsaturated/α-hetero) is 1. The van der Waals surface area contributed by atoms with Crippen LogP contribution in [0.15, 0.2) is 62.7 Å². The van der Waals surface area contributed by atoms with Gasteiger partial charge in [0.25, 0.3) is 5.91 Å². The molecule has 0 unspecified atom stereocenters. The number of nitrogens with zero attached hydrogens (tertiary/aromatic N) is 3. The van der Waals surface area contributed by atoms with Gasteiger partial charge in [0.15, 0.2) is 5.78 Å². The third-order valence-electron chi connectivity index (χ3n) is 8.10. The number of carbonyl (C=O) groups excluding carboxylic acids is 4. The first-order valence-electron chi connectivity index (χ1n) is 12.4. The van der Waals surface area contributed by atoms with Gasteiger partial charge in [-0.3, -0.25) is 14.4 Å². The molecule has 5 atom stereocenters. The Balaban J connectivity index is 1.79. The van der Waals surface area contributed by atoms with Crippen LogP contribution in [-0.2, 0) is 30.9 Å². The van der Waals surface area contributed by atoms with Gasteiger partial charge < -0.3 is 14.8 Å². The predicted molar refractivity (Wildman–Crippen MR) is 136 cm³/mol. The average Bonchev–Trinajstić information content (AvgIpc) is 3.20. The standard InChI is InChI=1S/C27H28N4O8/c1-13-18-19-17(31-26(37)29(3)25(36)30(13)31)12-15(23(34)38-4)11-16(24(35)39-5)20(19)27(2,21(18)32)28-22(33)14-9-7-6-8-10-14/h6-11,13,16-17,20H,12H2,1-5H3,(H,28,33)/t13-,16+,17+,20+,27+/m0/s1. The van der Waals surface area contributed by atoms with Crippen LogP contribution in [0.25, 0.3) is 0 Å². The van der Waals surface area contributed by atoms with E-state index in [4.69, 9.17) is 9.47 Å². The summed E-state index contributed by atoms with van der Waals surface area (Å²) in [4.78, 5) is 80.2. The molecule has 0 fully saturated rings. The van der Waals surface area contributed by atoms with Gasteiger partial charge in [0.2, 0.25) is 0 Å².